The van der Waals surface area contributed by atoms with Crippen molar-refractivity contribution in [3.63, 3.8) is 0 Å². The number of carbonyl (C=O) groups is 2. The van der Waals surface area contributed by atoms with Gasteiger partial charge < -0.3 is 35.2 Å². The summed E-state index contributed by atoms with van der Waals surface area (Å²) in [7, 11) is 1.69. The highest BCUT2D eigenvalue weighted by Gasteiger charge is 2.19. The predicted octanol–water partition coefficient (Wildman–Crippen LogP) is 11.3. The molecule has 0 aromatic heterocycles. The van der Waals surface area contributed by atoms with Crippen LogP contribution in [0.1, 0.15) is 201 Å². The molecule has 0 aliphatic carbocycles. The van der Waals surface area contributed by atoms with Crippen LogP contribution in [0.5, 0.6) is 0 Å². The van der Waals surface area contributed by atoms with Crippen molar-refractivity contribution in [1.29, 1.82) is 0 Å². The number of hydrogen-bond donors (Lipinski definition) is 4. The number of rotatable bonds is 42. The van der Waals surface area contributed by atoms with Gasteiger partial charge in [0, 0.05) is 53.1 Å². The van der Waals surface area contributed by atoms with Crippen molar-refractivity contribution in [1.82, 2.24) is 4.90 Å². The number of carboxylic acid groups (broad SMARTS) is 2. The van der Waals surface area contributed by atoms with Crippen molar-refractivity contribution >= 4 is 24.3 Å². The fraction of sp³-hybridized carbons (Fsp3) is 0.875. The fourth-order valence-corrected chi connectivity index (χ4v) is 7.86. The third kappa shape index (κ3) is 35.9. The lowest BCUT2D eigenvalue weighted by Gasteiger charge is -2.23. The molecule has 0 aliphatic heterocycles. The molecule has 59 heavy (non-hydrogen) atoms. The van der Waals surface area contributed by atoms with Crippen LogP contribution in [0.25, 0.3) is 0 Å². The van der Waals surface area contributed by atoms with Gasteiger partial charge in [0.25, 0.3) is 23.8 Å². The van der Waals surface area contributed by atoms with Crippen LogP contribution >= 0.6 is 0 Å². The number of unbranched alkanes of at least 4 members (excludes halogenated alkanes) is 13. The average Bonchev–Trinajstić information content (AvgIpc) is 3.23. The van der Waals surface area contributed by atoms with E-state index < -0.39 is 10.9 Å². The van der Waals surface area contributed by atoms with E-state index in [0.717, 1.165) is 77.2 Å². The highest BCUT2D eigenvalue weighted by molar-refractivity contribution is 5.73. The number of nitrogens with one attached hydrogen (secondary N) is 2. The number of anilines is 2. The maximum Gasteiger partial charge on any atom is 0.290 e. The Balaban J connectivity index is 0. The first-order chi connectivity index (χ1) is 28.8. The van der Waals surface area contributed by atoms with Crippen LogP contribution in [-0.4, -0.2) is 87.7 Å². The zero-order chi connectivity index (χ0) is 44.0. The van der Waals surface area contributed by atoms with E-state index in [1.54, 1.807) is 7.05 Å². The summed E-state index contributed by atoms with van der Waals surface area (Å²) in [6.45, 7) is 15.8. The number of nitrogens with zero attached hydrogens (tertiary/aromatic N) is 1. The first-order valence-electron chi connectivity index (χ1n) is 24.1. The summed E-state index contributed by atoms with van der Waals surface area (Å²) in [5.74, 6) is 1.73. The molecule has 0 spiro atoms. The van der Waals surface area contributed by atoms with E-state index in [0.29, 0.717) is 17.9 Å². The molecule has 11 nitrogen and oxygen atoms in total. The summed E-state index contributed by atoms with van der Waals surface area (Å²) in [6, 6.07) is 0. The Kier molecular flexibility index (Phi) is 46.2. The predicted molar refractivity (Wildman–Crippen MR) is 249 cm³/mol. The van der Waals surface area contributed by atoms with E-state index in [1.165, 1.54) is 154 Å². The fourth-order valence-electron chi connectivity index (χ4n) is 7.86. The van der Waals surface area contributed by atoms with Crippen molar-refractivity contribution in [2.24, 2.45) is 11.8 Å². The molecule has 348 valence electrons. The van der Waals surface area contributed by atoms with Crippen molar-refractivity contribution < 1.29 is 29.3 Å². The lowest BCUT2D eigenvalue weighted by Crippen LogP contribution is -2.37. The maximum atomic E-state index is 12.0. The van der Waals surface area contributed by atoms with E-state index in [1.807, 2.05) is 0 Å². The van der Waals surface area contributed by atoms with E-state index in [9.17, 15) is 9.59 Å². The summed E-state index contributed by atoms with van der Waals surface area (Å²) < 4.78 is 12.3. The van der Waals surface area contributed by atoms with Crippen LogP contribution < -0.4 is 21.5 Å². The summed E-state index contributed by atoms with van der Waals surface area (Å²) in [4.78, 5) is 42.9. The Hall–Kier alpha value is -2.50. The van der Waals surface area contributed by atoms with Gasteiger partial charge in [-0.05, 0) is 63.3 Å². The van der Waals surface area contributed by atoms with E-state index >= 15 is 0 Å². The number of hydrogen-bond acceptors (Lipinski definition) is 9. The van der Waals surface area contributed by atoms with Crippen molar-refractivity contribution in [3.05, 3.63) is 20.4 Å². The molecule has 1 unspecified atom stereocenters. The van der Waals surface area contributed by atoms with Gasteiger partial charge in [-0.1, -0.05) is 156 Å². The molecule has 0 radical (unpaired) electrons. The summed E-state index contributed by atoms with van der Waals surface area (Å²) >= 11 is 0. The van der Waals surface area contributed by atoms with Gasteiger partial charge in [0.15, 0.2) is 0 Å². The van der Waals surface area contributed by atoms with Gasteiger partial charge in [-0.15, -0.1) is 0 Å². The molecule has 0 aliphatic rings. The van der Waals surface area contributed by atoms with Crippen LogP contribution in [0, 0.1) is 11.8 Å². The van der Waals surface area contributed by atoms with Crippen LogP contribution in [0.2, 0.25) is 0 Å². The van der Waals surface area contributed by atoms with Gasteiger partial charge in [0.2, 0.25) is 0 Å². The Morgan fingerprint density at radius 2 is 0.864 bits per heavy atom. The molecule has 0 amide bonds. The molecule has 0 saturated carbocycles. The van der Waals surface area contributed by atoms with Gasteiger partial charge in [0.05, 0.1) is 0 Å². The minimum Gasteiger partial charge on any atom is -0.483 e. The smallest absolute Gasteiger partial charge is 0.290 e. The highest BCUT2D eigenvalue weighted by Crippen LogP contribution is 2.24. The van der Waals surface area contributed by atoms with Crippen LogP contribution in [0.4, 0.5) is 11.4 Å². The third-order valence-electron chi connectivity index (χ3n) is 11.4. The van der Waals surface area contributed by atoms with Gasteiger partial charge in [0.1, 0.15) is 11.4 Å². The minimum absolute atomic E-state index is 0.250. The zero-order valence-electron chi connectivity index (χ0n) is 38.8. The summed E-state index contributed by atoms with van der Waals surface area (Å²) in [5.41, 5.74) is 0.0377. The quantitative estimate of drug-likeness (QED) is 0.0282. The normalized spacial score (nSPS) is 11.6. The molecule has 0 fully saturated rings. The SMILES string of the molecule is CCCCCCCCC(CCCCCCCC)CCCOCCCN(CCCNc1c(NC)c(=O)c1=O)CCCOCCCC(CC)CCCCCC.O=CO.O=CO. The highest BCUT2D eigenvalue weighted by atomic mass is 16.5. The van der Waals surface area contributed by atoms with Crippen LogP contribution in [-0.2, 0) is 19.1 Å². The molecular weight excluding hydrogens is 747 g/mol. The van der Waals surface area contributed by atoms with Crippen molar-refractivity contribution in [2.45, 2.75) is 201 Å². The molecule has 1 aromatic carbocycles. The second-order valence-corrected chi connectivity index (χ2v) is 16.3. The molecule has 0 bridgehead atoms. The minimum atomic E-state index is -0.417. The largest absolute Gasteiger partial charge is 0.483 e. The molecule has 11 heteroatoms. The zero-order valence-corrected chi connectivity index (χ0v) is 38.8. The lowest BCUT2D eigenvalue weighted by molar-refractivity contribution is -0.123. The Morgan fingerprint density at radius 1 is 0.508 bits per heavy atom. The van der Waals surface area contributed by atoms with Gasteiger partial charge in [-0.25, -0.2) is 0 Å². The van der Waals surface area contributed by atoms with Crippen LogP contribution in [0.3, 0.4) is 0 Å². The summed E-state index contributed by atoms with van der Waals surface area (Å²) in [5, 5.41) is 19.8. The average molecular weight is 840 g/mol. The standard InChI is InChI=1S/C46H89N3O4.2CH2O2/c1-6-10-13-16-18-21-29-42(30-22-19-17-14-11-7-2)32-24-38-53-40-27-36-49(34-25-33-48-44-43(47-5)45(50)46(44)51)35-26-39-52-37-23-31-41(9-4)28-20-15-12-8-3;2*2-1-3/h41-42,47-48H,6-40H2,1-5H3;2*1H,(H,2,3). The van der Waals surface area contributed by atoms with Crippen molar-refractivity contribution in [3.8, 4) is 0 Å². The second kappa shape index (κ2) is 46.6. The summed E-state index contributed by atoms with van der Waals surface area (Å²) in [6.07, 6.45) is 35.6. The monoisotopic (exact) mass is 840 g/mol. The molecule has 0 heterocycles. The third-order valence-corrected chi connectivity index (χ3v) is 11.4. The number of ether oxygens (including phenoxy) is 2. The molecule has 4 N–H and O–H groups in total. The Labute approximate surface area is 361 Å². The van der Waals surface area contributed by atoms with E-state index in [4.69, 9.17) is 29.3 Å². The first-order valence-corrected chi connectivity index (χ1v) is 24.1. The van der Waals surface area contributed by atoms with Crippen LogP contribution in [0.15, 0.2) is 9.59 Å². The van der Waals surface area contributed by atoms with Gasteiger partial charge in [-0.2, -0.15) is 0 Å². The Bertz CT molecular complexity index is 1080. The molecule has 0 saturated heterocycles. The topological polar surface area (TPSA) is 154 Å². The second-order valence-electron chi connectivity index (χ2n) is 16.3. The van der Waals surface area contributed by atoms with Gasteiger partial charge in [-0.3, -0.25) is 19.2 Å². The molecule has 1 atom stereocenters. The Morgan fingerprint density at radius 3 is 1.32 bits per heavy atom. The molecule has 1 aromatic rings. The van der Waals surface area contributed by atoms with E-state index in [2.05, 4.69) is 43.2 Å². The van der Waals surface area contributed by atoms with Crippen molar-refractivity contribution in [2.75, 3.05) is 70.3 Å². The molecule has 1 rings (SSSR count). The van der Waals surface area contributed by atoms with E-state index in [-0.39, 0.29) is 12.9 Å². The first kappa shape index (κ1) is 58.6. The lowest BCUT2D eigenvalue weighted by atomic mass is 9.90. The molecular formula is C48H93N3O8. The maximum absolute atomic E-state index is 12.0. The van der Waals surface area contributed by atoms with Gasteiger partial charge >= 0.3 is 0 Å².